The third-order valence-electron chi connectivity index (χ3n) is 4.55. The van der Waals surface area contributed by atoms with E-state index in [-0.39, 0.29) is 18.2 Å². The van der Waals surface area contributed by atoms with Crippen molar-refractivity contribution in [2.45, 2.75) is 51.9 Å². The Kier molecular flexibility index (Phi) is 4.78. The number of fused-ring (bicyclic) bond motifs is 1. The van der Waals surface area contributed by atoms with Gasteiger partial charge in [0.25, 0.3) is 0 Å². The number of hydrogen-bond donors (Lipinski definition) is 0. The van der Waals surface area contributed by atoms with E-state index in [9.17, 15) is 0 Å². The molecular weight excluding hydrogens is 319 g/mol. The van der Waals surface area contributed by atoms with Gasteiger partial charge in [-0.2, -0.15) is 0 Å². The summed E-state index contributed by atoms with van der Waals surface area (Å²) in [5.41, 5.74) is 2.75. The van der Waals surface area contributed by atoms with Gasteiger partial charge in [-0.05, 0) is 37.5 Å². The lowest BCUT2D eigenvalue weighted by Gasteiger charge is -2.43. The van der Waals surface area contributed by atoms with Crippen molar-refractivity contribution in [2.75, 3.05) is 0 Å². The first-order valence-electron chi connectivity index (χ1n) is 9.07. The molecule has 25 heavy (non-hydrogen) atoms. The predicted octanol–water partition coefficient (Wildman–Crippen LogP) is 7.21. The van der Waals surface area contributed by atoms with E-state index in [1.165, 1.54) is 27.2 Å². The fourth-order valence-electron chi connectivity index (χ4n) is 4.08. The molecule has 0 atom stereocenters. The van der Waals surface area contributed by atoms with Crippen molar-refractivity contribution in [2.24, 2.45) is 0 Å². The molecule has 0 amide bonds. The summed E-state index contributed by atoms with van der Waals surface area (Å²) in [6.45, 7) is 14.4. The fraction of sp³-hybridized carbons (Fsp3) is 0.333. The number of rotatable bonds is 2. The van der Waals surface area contributed by atoms with Crippen molar-refractivity contribution in [1.29, 1.82) is 0 Å². The van der Waals surface area contributed by atoms with Crippen molar-refractivity contribution in [3.63, 3.8) is 0 Å². The van der Waals surface area contributed by atoms with Crippen LogP contribution >= 0.6 is 7.92 Å². The van der Waals surface area contributed by atoms with Crippen molar-refractivity contribution >= 4 is 24.0 Å². The Morgan fingerprint density at radius 3 is 1.76 bits per heavy atom. The zero-order chi connectivity index (χ0) is 18.2. The van der Waals surface area contributed by atoms with E-state index in [2.05, 4.69) is 108 Å². The maximum absolute atomic E-state index is 2.40. The second kappa shape index (κ2) is 6.58. The fourth-order valence-corrected chi connectivity index (χ4v) is 8.24. The van der Waals surface area contributed by atoms with Gasteiger partial charge in [-0.25, -0.2) is 0 Å². The van der Waals surface area contributed by atoms with Crippen LogP contribution in [0, 0.1) is 0 Å². The second-order valence-corrected chi connectivity index (χ2v) is 12.6. The van der Waals surface area contributed by atoms with E-state index < -0.39 is 0 Å². The quantitative estimate of drug-likeness (QED) is 0.429. The molecule has 0 aliphatic rings. The minimum atomic E-state index is -0.355. The smallest absolute Gasteiger partial charge is 0.00280 e. The highest BCUT2D eigenvalue weighted by molar-refractivity contribution is 7.68. The average molecular weight is 348 g/mol. The standard InChI is InChI=1S/C24H29P/c1-23(2,3)25(24(4,5)6)21-17-16-18-12-10-11-15-20(18)22(21)19-13-8-7-9-14-19/h7-17H,1-6H3. The summed E-state index contributed by atoms with van der Waals surface area (Å²) in [6.07, 6.45) is 0. The normalized spacial score (nSPS) is 12.8. The molecule has 0 aromatic heterocycles. The van der Waals surface area contributed by atoms with Crippen molar-refractivity contribution in [3.8, 4) is 11.1 Å². The Morgan fingerprint density at radius 1 is 0.600 bits per heavy atom. The highest BCUT2D eigenvalue weighted by Gasteiger charge is 2.37. The zero-order valence-corrected chi connectivity index (χ0v) is 17.2. The van der Waals surface area contributed by atoms with E-state index in [0.29, 0.717) is 0 Å². The molecule has 0 heterocycles. The summed E-state index contributed by atoms with van der Waals surface area (Å²) < 4.78 is 0. The van der Waals surface area contributed by atoms with E-state index in [1.54, 1.807) is 0 Å². The first-order chi connectivity index (χ1) is 11.7. The minimum absolute atomic E-state index is 0.250. The largest absolute Gasteiger partial charge is 0.0636 e. The Bertz CT molecular complexity index is 850. The van der Waals surface area contributed by atoms with Gasteiger partial charge < -0.3 is 0 Å². The molecule has 0 unspecified atom stereocenters. The maximum Gasteiger partial charge on any atom is -0.00280 e. The van der Waals surface area contributed by atoms with Gasteiger partial charge in [-0.3, -0.25) is 0 Å². The predicted molar refractivity (Wildman–Crippen MR) is 115 cm³/mol. The van der Waals surface area contributed by atoms with E-state index in [1.807, 2.05) is 0 Å². The summed E-state index contributed by atoms with van der Waals surface area (Å²) in [7, 11) is -0.355. The van der Waals surface area contributed by atoms with Crippen LogP contribution in [0.3, 0.4) is 0 Å². The molecule has 0 aliphatic heterocycles. The third kappa shape index (κ3) is 3.65. The summed E-state index contributed by atoms with van der Waals surface area (Å²) in [4.78, 5) is 0. The first-order valence-corrected chi connectivity index (χ1v) is 10.4. The van der Waals surface area contributed by atoms with Crippen molar-refractivity contribution in [3.05, 3.63) is 66.7 Å². The average Bonchev–Trinajstić information content (AvgIpc) is 2.53. The van der Waals surface area contributed by atoms with Gasteiger partial charge in [0.05, 0.1) is 0 Å². The molecule has 0 spiro atoms. The molecule has 3 aromatic carbocycles. The van der Waals surface area contributed by atoms with Gasteiger partial charge in [0.15, 0.2) is 0 Å². The molecule has 0 saturated heterocycles. The molecule has 0 fully saturated rings. The van der Waals surface area contributed by atoms with E-state index >= 15 is 0 Å². The van der Waals surface area contributed by atoms with Gasteiger partial charge in [0, 0.05) is 0 Å². The van der Waals surface area contributed by atoms with Crippen LogP contribution in [0.15, 0.2) is 66.7 Å². The van der Waals surface area contributed by atoms with Crippen LogP contribution in [0.2, 0.25) is 0 Å². The highest BCUT2D eigenvalue weighted by atomic mass is 31.1. The Morgan fingerprint density at radius 2 is 1.16 bits per heavy atom. The summed E-state index contributed by atoms with van der Waals surface area (Å²) in [5.74, 6) is 0. The summed E-state index contributed by atoms with van der Waals surface area (Å²) in [6, 6.07) is 24.4. The molecular formula is C24H29P. The van der Waals surface area contributed by atoms with Gasteiger partial charge in [-0.15, -0.1) is 0 Å². The molecule has 1 heteroatoms. The first kappa shape index (κ1) is 18.2. The molecule has 3 rings (SSSR count). The van der Waals surface area contributed by atoms with Crippen molar-refractivity contribution < 1.29 is 0 Å². The molecule has 0 nitrogen and oxygen atoms in total. The van der Waals surface area contributed by atoms with Gasteiger partial charge in [0.2, 0.25) is 0 Å². The molecule has 0 radical (unpaired) electrons. The van der Waals surface area contributed by atoms with Crippen molar-refractivity contribution in [1.82, 2.24) is 0 Å². The van der Waals surface area contributed by atoms with Crippen LogP contribution in [0.4, 0.5) is 0 Å². The van der Waals surface area contributed by atoms with Crippen LogP contribution in [0.25, 0.3) is 21.9 Å². The van der Waals surface area contributed by atoms with E-state index in [0.717, 1.165) is 0 Å². The van der Waals surface area contributed by atoms with Crippen LogP contribution < -0.4 is 5.30 Å². The van der Waals surface area contributed by atoms with Gasteiger partial charge >= 0.3 is 0 Å². The zero-order valence-electron chi connectivity index (χ0n) is 16.3. The topological polar surface area (TPSA) is 0 Å². The highest BCUT2D eigenvalue weighted by Crippen LogP contribution is 2.59. The third-order valence-corrected chi connectivity index (χ3v) is 8.09. The Balaban J connectivity index is 2.39. The molecule has 0 saturated carbocycles. The van der Waals surface area contributed by atoms with Gasteiger partial charge in [0.1, 0.15) is 0 Å². The second-order valence-electron chi connectivity index (χ2n) is 8.72. The SMILES string of the molecule is CC(C)(C)P(c1ccc2ccccc2c1-c1ccccc1)C(C)(C)C. The minimum Gasteiger partial charge on any atom is -0.0636 e. The molecule has 0 N–H and O–H groups in total. The molecule has 3 aromatic rings. The lowest BCUT2D eigenvalue weighted by Crippen LogP contribution is -2.32. The van der Waals surface area contributed by atoms with Crippen LogP contribution in [0.5, 0.6) is 0 Å². The molecule has 0 bridgehead atoms. The Labute approximate surface area is 154 Å². The molecule has 0 aliphatic carbocycles. The molecule has 130 valence electrons. The van der Waals surface area contributed by atoms with Crippen LogP contribution in [-0.2, 0) is 0 Å². The summed E-state index contributed by atoms with van der Waals surface area (Å²) >= 11 is 0. The lowest BCUT2D eigenvalue weighted by atomic mass is 9.98. The number of benzene rings is 3. The summed E-state index contributed by atoms with van der Waals surface area (Å²) in [5, 5.41) is 4.72. The number of hydrogen-bond acceptors (Lipinski definition) is 0. The van der Waals surface area contributed by atoms with Crippen LogP contribution in [0.1, 0.15) is 41.5 Å². The monoisotopic (exact) mass is 348 g/mol. The lowest BCUT2D eigenvalue weighted by molar-refractivity contribution is 0.715. The Hall–Kier alpha value is -1.65. The maximum atomic E-state index is 2.40. The van der Waals surface area contributed by atoms with E-state index in [4.69, 9.17) is 0 Å². The van der Waals surface area contributed by atoms with Crippen LogP contribution in [-0.4, -0.2) is 10.3 Å². The van der Waals surface area contributed by atoms with Gasteiger partial charge in [-0.1, -0.05) is 116 Å².